The molecule has 0 aliphatic carbocycles. The predicted molar refractivity (Wildman–Crippen MR) is 93.9 cm³/mol. The van der Waals surface area contributed by atoms with Gasteiger partial charge < -0.3 is 19.1 Å². The van der Waals surface area contributed by atoms with Gasteiger partial charge in [0.15, 0.2) is 0 Å². The molecule has 6 nitrogen and oxygen atoms in total. The zero-order valence-corrected chi connectivity index (χ0v) is 15.2. The molecule has 25 heavy (non-hydrogen) atoms. The van der Waals surface area contributed by atoms with Gasteiger partial charge in [0, 0.05) is 5.56 Å². The van der Waals surface area contributed by atoms with E-state index in [1.807, 2.05) is 30.9 Å². The molecule has 134 valence electrons. The van der Waals surface area contributed by atoms with Gasteiger partial charge in [-0.3, -0.25) is 4.79 Å². The zero-order valence-electron chi connectivity index (χ0n) is 15.2. The minimum absolute atomic E-state index is 0.0547. The summed E-state index contributed by atoms with van der Waals surface area (Å²) in [7, 11) is 1.68. The number of amides is 1. The Morgan fingerprint density at radius 2 is 1.96 bits per heavy atom. The van der Waals surface area contributed by atoms with Crippen LogP contribution in [0.4, 0.5) is 0 Å². The van der Waals surface area contributed by atoms with Crippen LogP contribution < -0.4 is 9.64 Å². The van der Waals surface area contributed by atoms with Gasteiger partial charge in [-0.25, -0.2) is 0 Å². The number of piperazine rings is 1. The second kappa shape index (κ2) is 7.70. The maximum absolute atomic E-state index is 12.8. The molecule has 1 aliphatic rings. The number of quaternary nitrogens is 1. The van der Waals surface area contributed by atoms with Crippen LogP contribution >= 0.6 is 0 Å². The van der Waals surface area contributed by atoms with Crippen molar-refractivity contribution in [3.05, 3.63) is 46.8 Å². The first-order valence-electron chi connectivity index (χ1n) is 8.83. The molecule has 0 atom stereocenters. The summed E-state index contributed by atoms with van der Waals surface area (Å²) in [6, 6.07) is 8.21. The number of methoxy groups -OCH3 is 1. The Balaban J connectivity index is 1.57. The highest BCUT2D eigenvalue weighted by atomic mass is 16.5. The van der Waals surface area contributed by atoms with E-state index in [0.29, 0.717) is 17.7 Å². The molecular formula is C19H26N3O3+. The predicted octanol–water partition coefficient (Wildman–Crippen LogP) is 1.09. The topological polar surface area (TPSA) is 60.0 Å². The molecule has 1 saturated heterocycles. The SMILES string of the molecule is CCc1noc(C)c1C(=O)N1CC[NH+](Cc2ccc(OC)cc2)CC1. The molecule has 1 fully saturated rings. The molecule has 1 aromatic carbocycles. The Morgan fingerprint density at radius 3 is 2.56 bits per heavy atom. The summed E-state index contributed by atoms with van der Waals surface area (Å²) in [4.78, 5) is 16.2. The van der Waals surface area contributed by atoms with E-state index in [4.69, 9.17) is 9.26 Å². The van der Waals surface area contributed by atoms with E-state index in [0.717, 1.165) is 44.2 Å². The van der Waals surface area contributed by atoms with Crippen molar-refractivity contribution in [1.29, 1.82) is 0 Å². The molecule has 1 N–H and O–H groups in total. The van der Waals surface area contributed by atoms with Gasteiger partial charge in [0.25, 0.3) is 5.91 Å². The summed E-state index contributed by atoms with van der Waals surface area (Å²) in [5.74, 6) is 1.55. The number of rotatable bonds is 5. The van der Waals surface area contributed by atoms with Crippen molar-refractivity contribution in [3.8, 4) is 5.75 Å². The van der Waals surface area contributed by atoms with Crippen LogP contribution in [0.5, 0.6) is 5.75 Å². The zero-order chi connectivity index (χ0) is 17.8. The normalized spacial score (nSPS) is 15.4. The summed E-state index contributed by atoms with van der Waals surface area (Å²) < 4.78 is 10.4. The van der Waals surface area contributed by atoms with Gasteiger partial charge in [0.2, 0.25) is 0 Å². The number of aryl methyl sites for hydroxylation is 2. The van der Waals surface area contributed by atoms with E-state index in [2.05, 4.69) is 17.3 Å². The van der Waals surface area contributed by atoms with Crippen molar-refractivity contribution in [2.45, 2.75) is 26.8 Å². The molecular weight excluding hydrogens is 318 g/mol. The molecule has 1 aromatic heterocycles. The first-order chi connectivity index (χ1) is 12.1. The van der Waals surface area contributed by atoms with E-state index in [-0.39, 0.29) is 5.91 Å². The first-order valence-corrected chi connectivity index (χ1v) is 8.83. The molecule has 0 radical (unpaired) electrons. The lowest BCUT2D eigenvalue weighted by molar-refractivity contribution is -0.917. The number of ether oxygens (including phenoxy) is 1. The van der Waals surface area contributed by atoms with Gasteiger partial charge in [-0.2, -0.15) is 0 Å². The van der Waals surface area contributed by atoms with E-state index in [1.165, 1.54) is 10.5 Å². The highest BCUT2D eigenvalue weighted by molar-refractivity contribution is 5.96. The third kappa shape index (κ3) is 3.85. The monoisotopic (exact) mass is 344 g/mol. The maximum atomic E-state index is 12.8. The van der Waals surface area contributed by atoms with E-state index in [1.54, 1.807) is 7.11 Å². The standard InChI is InChI=1S/C19H25N3O3/c1-4-17-18(14(2)25-20-17)19(23)22-11-9-21(10-12-22)13-15-5-7-16(24-3)8-6-15/h5-8H,4,9-13H2,1-3H3/p+1. The van der Waals surface area contributed by atoms with Gasteiger partial charge in [0.05, 0.1) is 39.0 Å². The average Bonchev–Trinajstić information content (AvgIpc) is 3.03. The highest BCUT2D eigenvalue weighted by Crippen LogP contribution is 2.17. The Labute approximate surface area is 148 Å². The quantitative estimate of drug-likeness (QED) is 0.882. The Kier molecular flexibility index (Phi) is 5.38. The number of nitrogens with zero attached hydrogens (tertiary/aromatic N) is 2. The van der Waals surface area contributed by atoms with Crippen molar-refractivity contribution in [2.75, 3.05) is 33.3 Å². The minimum atomic E-state index is 0.0547. The number of aromatic nitrogens is 1. The van der Waals surface area contributed by atoms with Crippen LogP contribution in [0.25, 0.3) is 0 Å². The van der Waals surface area contributed by atoms with Crippen LogP contribution in [0.15, 0.2) is 28.8 Å². The largest absolute Gasteiger partial charge is 0.497 e. The highest BCUT2D eigenvalue weighted by Gasteiger charge is 2.28. The molecule has 0 bridgehead atoms. The number of nitrogens with one attached hydrogen (secondary N) is 1. The lowest BCUT2D eigenvalue weighted by atomic mass is 10.1. The third-order valence-electron chi connectivity index (χ3n) is 4.85. The van der Waals surface area contributed by atoms with Crippen molar-refractivity contribution in [2.24, 2.45) is 0 Å². The van der Waals surface area contributed by atoms with Gasteiger partial charge in [-0.1, -0.05) is 12.1 Å². The molecule has 6 heteroatoms. The summed E-state index contributed by atoms with van der Waals surface area (Å²) in [6.07, 6.45) is 0.709. The van der Waals surface area contributed by atoms with E-state index < -0.39 is 0 Å². The van der Waals surface area contributed by atoms with Gasteiger partial charge in [-0.05, 0) is 37.6 Å². The summed E-state index contributed by atoms with van der Waals surface area (Å²) in [6.45, 7) is 8.19. The summed E-state index contributed by atoms with van der Waals surface area (Å²) in [5.41, 5.74) is 2.70. The van der Waals surface area contributed by atoms with Crippen molar-refractivity contribution < 1.29 is 19.0 Å². The molecule has 0 saturated carbocycles. The molecule has 1 amide bonds. The molecule has 3 rings (SSSR count). The Bertz CT molecular complexity index is 716. The van der Waals surface area contributed by atoms with Crippen molar-refractivity contribution in [3.63, 3.8) is 0 Å². The van der Waals surface area contributed by atoms with Gasteiger partial charge in [0.1, 0.15) is 23.6 Å². The maximum Gasteiger partial charge on any atom is 0.259 e. The number of carbonyl (C=O) groups excluding carboxylic acids is 1. The lowest BCUT2D eigenvalue weighted by Crippen LogP contribution is -3.13. The molecule has 1 aliphatic heterocycles. The Morgan fingerprint density at radius 1 is 1.28 bits per heavy atom. The molecule has 2 heterocycles. The minimum Gasteiger partial charge on any atom is -0.497 e. The first kappa shape index (κ1) is 17.5. The number of hydrogen-bond donors (Lipinski definition) is 1. The van der Waals surface area contributed by atoms with Crippen LogP contribution in [0.3, 0.4) is 0 Å². The molecule has 0 spiro atoms. The number of hydrogen-bond acceptors (Lipinski definition) is 4. The fourth-order valence-corrected chi connectivity index (χ4v) is 3.33. The van der Waals surface area contributed by atoms with Crippen molar-refractivity contribution in [1.82, 2.24) is 10.1 Å². The third-order valence-corrected chi connectivity index (χ3v) is 4.85. The van der Waals surface area contributed by atoms with E-state index in [9.17, 15) is 4.79 Å². The summed E-state index contributed by atoms with van der Waals surface area (Å²) in [5, 5.41) is 4.00. The lowest BCUT2D eigenvalue weighted by Gasteiger charge is -2.32. The van der Waals surface area contributed by atoms with Crippen LogP contribution in [-0.4, -0.2) is 49.3 Å². The van der Waals surface area contributed by atoms with Gasteiger partial charge >= 0.3 is 0 Å². The second-order valence-electron chi connectivity index (χ2n) is 6.48. The van der Waals surface area contributed by atoms with Crippen molar-refractivity contribution >= 4 is 5.91 Å². The van der Waals surface area contributed by atoms with Crippen LogP contribution in [0.2, 0.25) is 0 Å². The van der Waals surface area contributed by atoms with Crippen LogP contribution in [-0.2, 0) is 13.0 Å². The van der Waals surface area contributed by atoms with E-state index >= 15 is 0 Å². The average molecular weight is 344 g/mol. The number of benzene rings is 1. The second-order valence-corrected chi connectivity index (χ2v) is 6.48. The van der Waals surface area contributed by atoms with Crippen LogP contribution in [0, 0.1) is 6.92 Å². The smallest absolute Gasteiger partial charge is 0.259 e. The summed E-state index contributed by atoms with van der Waals surface area (Å²) >= 11 is 0. The van der Waals surface area contributed by atoms with Crippen LogP contribution in [0.1, 0.15) is 34.3 Å². The molecule has 2 aromatic rings. The van der Waals surface area contributed by atoms with Gasteiger partial charge in [-0.15, -0.1) is 0 Å². The Hall–Kier alpha value is -2.34. The number of carbonyl (C=O) groups is 1. The molecule has 0 unspecified atom stereocenters. The fourth-order valence-electron chi connectivity index (χ4n) is 3.33. The fraction of sp³-hybridized carbons (Fsp3) is 0.474.